The molecule has 0 aliphatic heterocycles. The zero-order valence-corrected chi connectivity index (χ0v) is 16.4. The fourth-order valence-electron chi connectivity index (χ4n) is 3.44. The molecule has 1 atom stereocenters. The van der Waals surface area contributed by atoms with Gasteiger partial charge in [-0.3, -0.25) is 14.8 Å². The number of unbranched alkanes of at least 4 members (excludes halogenated alkanes) is 2. The molecule has 8 nitrogen and oxygen atoms in total. The fraction of sp³-hybridized carbons (Fsp3) is 0.381. The fourth-order valence-corrected chi connectivity index (χ4v) is 3.44. The van der Waals surface area contributed by atoms with Crippen LogP contribution in [-0.4, -0.2) is 40.7 Å². The maximum absolute atomic E-state index is 12.1. The number of aromatic nitrogens is 2. The van der Waals surface area contributed by atoms with Crippen molar-refractivity contribution >= 4 is 33.6 Å². The standard InChI is InChI=1S/C21H26N4O4/c1-29-13-19(27)22-17(9-3-2-4-10-18(26)25-28)21-23-16-12-11-14-7-5-6-8-15(14)20(16)24-21/h5-8,11-12,17,28H,2-4,9-10,13H2,1H3,(H,22,27)(H,23,24)(H,25,26)/t17-/m0/s1. The lowest BCUT2D eigenvalue weighted by molar-refractivity contribution is -0.129. The Morgan fingerprint density at radius 3 is 2.76 bits per heavy atom. The predicted molar refractivity (Wildman–Crippen MR) is 109 cm³/mol. The van der Waals surface area contributed by atoms with Gasteiger partial charge in [-0.2, -0.15) is 0 Å². The van der Waals surface area contributed by atoms with Gasteiger partial charge in [0.05, 0.1) is 17.1 Å². The number of benzene rings is 2. The van der Waals surface area contributed by atoms with Crippen LogP contribution in [0.3, 0.4) is 0 Å². The molecule has 0 saturated heterocycles. The molecule has 2 aromatic carbocycles. The Bertz CT molecular complexity index is 985. The van der Waals surface area contributed by atoms with Gasteiger partial charge in [0, 0.05) is 18.9 Å². The number of nitrogens with zero attached hydrogens (tertiary/aromatic N) is 1. The summed E-state index contributed by atoms with van der Waals surface area (Å²) in [6.45, 7) is -0.0175. The second-order valence-corrected chi connectivity index (χ2v) is 6.99. The molecule has 0 fully saturated rings. The molecule has 3 aromatic rings. The van der Waals surface area contributed by atoms with Crippen LogP contribution in [-0.2, 0) is 14.3 Å². The van der Waals surface area contributed by atoms with Crippen molar-refractivity contribution in [2.45, 2.75) is 38.1 Å². The topological polar surface area (TPSA) is 116 Å². The highest BCUT2D eigenvalue weighted by molar-refractivity contribution is 6.04. The van der Waals surface area contributed by atoms with Gasteiger partial charge in [-0.1, -0.05) is 43.2 Å². The Hall–Kier alpha value is -2.97. The number of nitrogens with one attached hydrogen (secondary N) is 3. The summed E-state index contributed by atoms with van der Waals surface area (Å²) in [7, 11) is 1.48. The van der Waals surface area contributed by atoms with E-state index in [4.69, 9.17) is 14.9 Å². The summed E-state index contributed by atoms with van der Waals surface area (Å²) in [5.74, 6) is 0.107. The molecule has 8 heteroatoms. The lowest BCUT2D eigenvalue weighted by atomic mass is 10.1. The van der Waals surface area contributed by atoms with Crippen molar-refractivity contribution in [1.29, 1.82) is 0 Å². The molecule has 0 radical (unpaired) electrons. The summed E-state index contributed by atoms with van der Waals surface area (Å²) in [6, 6.07) is 11.8. The molecule has 0 aliphatic carbocycles. The van der Waals surface area contributed by atoms with Crippen molar-refractivity contribution in [2.24, 2.45) is 0 Å². The molecule has 1 aromatic heterocycles. The van der Waals surface area contributed by atoms with Crippen LogP contribution in [0.2, 0.25) is 0 Å². The highest BCUT2D eigenvalue weighted by Crippen LogP contribution is 2.26. The molecular weight excluding hydrogens is 372 g/mol. The lowest BCUT2D eigenvalue weighted by Crippen LogP contribution is -2.32. The van der Waals surface area contributed by atoms with Crippen LogP contribution in [0.1, 0.15) is 44.0 Å². The van der Waals surface area contributed by atoms with Crippen molar-refractivity contribution in [3.8, 4) is 0 Å². The lowest BCUT2D eigenvalue weighted by Gasteiger charge is -2.16. The molecule has 0 saturated carbocycles. The first kappa shape index (κ1) is 20.8. The number of imidazole rings is 1. The normalized spacial score (nSPS) is 12.2. The maximum atomic E-state index is 12.1. The van der Waals surface area contributed by atoms with Crippen molar-refractivity contribution in [3.05, 3.63) is 42.2 Å². The molecule has 0 unspecified atom stereocenters. The first-order chi connectivity index (χ1) is 14.1. The van der Waals surface area contributed by atoms with E-state index in [-0.39, 0.29) is 30.9 Å². The zero-order chi connectivity index (χ0) is 20.6. The predicted octanol–water partition coefficient (Wildman–Crippen LogP) is 2.98. The van der Waals surface area contributed by atoms with Crippen molar-refractivity contribution < 1.29 is 19.5 Å². The Morgan fingerprint density at radius 1 is 1.14 bits per heavy atom. The van der Waals surface area contributed by atoms with E-state index in [1.54, 1.807) is 5.48 Å². The minimum atomic E-state index is -0.390. The molecule has 4 N–H and O–H groups in total. The summed E-state index contributed by atoms with van der Waals surface area (Å²) in [5.41, 5.74) is 3.43. The van der Waals surface area contributed by atoms with E-state index in [0.717, 1.165) is 34.6 Å². The molecule has 0 bridgehead atoms. The molecular formula is C21H26N4O4. The Kier molecular flexibility index (Phi) is 7.15. The van der Waals surface area contributed by atoms with Gasteiger partial charge in [0.15, 0.2) is 0 Å². The van der Waals surface area contributed by atoms with Crippen LogP contribution < -0.4 is 10.8 Å². The van der Waals surface area contributed by atoms with Gasteiger partial charge in [-0.05, 0) is 24.3 Å². The van der Waals surface area contributed by atoms with Crippen LogP contribution in [0.4, 0.5) is 0 Å². The number of aromatic amines is 1. The molecule has 0 spiro atoms. The summed E-state index contributed by atoms with van der Waals surface area (Å²) >= 11 is 0. The number of methoxy groups -OCH3 is 1. The number of amides is 2. The van der Waals surface area contributed by atoms with Crippen LogP contribution >= 0.6 is 0 Å². The van der Waals surface area contributed by atoms with Crippen LogP contribution in [0.5, 0.6) is 0 Å². The van der Waals surface area contributed by atoms with Gasteiger partial charge >= 0.3 is 0 Å². The first-order valence-corrected chi connectivity index (χ1v) is 9.71. The van der Waals surface area contributed by atoms with Gasteiger partial charge in [-0.15, -0.1) is 0 Å². The van der Waals surface area contributed by atoms with E-state index < -0.39 is 0 Å². The highest BCUT2D eigenvalue weighted by Gasteiger charge is 2.19. The van der Waals surface area contributed by atoms with E-state index in [2.05, 4.69) is 10.3 Å². The number of fused-ring (bicyclic) bond motifs is 3. The highest BCUT2D eigenvalue weighted by atomic mass is 16.5. The average Bonchev–Trinajstić information content (AvgIpc) is 3.17. The molecule has 0 aliphatic rings. The Labute approximate surface area is 168 Å². The maximum Gasteiger partial charge on any atom is 0.246 e. The van der Waals surface area contributed by atoms with Gasteiger partial charge in [0.1, 0.15) is 12.4 Å². The third-order valence-electron chi connectivity index (χ3n) is 4.86. The SMILES string of the molecule is COCC(=O)N[C@@H](CCCCCC(=O)NO)c1nc2c(ccc3ccccc32)[nH]1. The van der Waals surface area contributed by atoms with E-state index >= 15 is 0 Å². The van der Waals surface area contributed by atoms with Crippen LogP contribution in [0.15, 0.2) is 36.4 Å². The van der Waals surface area contributed by atoms with Crippen molar-refractivity contribution in [1.82, 2.24) is 20.8 Å². The second kappa shape index (κ2) is 9.99. The number of rotatable bonds is 10. The van der Waals surface area contributed by atoms with Gasteiger partial charge in [-0.25, -0.2) is 10.5 Å². The Balaban J connectivity index is 1.76. The number of hydroxylamine groups is 1. The third-order valence-corrected chi connectivity index (χ3v) is 4.86. The second-order valence-electron chi connectivity index (χ2n) is 6.99. The van der Waals surface area contributed by atoms with Crippen LogP contribution in [0.25, 0.3) is 21.8 Å². The van der Waals surface area contributed by atoms with Crippen molar-refractivity contribution in [2.75, 3.05) is 13.7 Å². The number of H-pyrrole nitrogens is 1. The van der Waals surface area contributed by atoms with E-state index in [1.807, 2.05) is 36.4 Å². The van der Waals surface area contributed by atoms with E-state index in [0.29, 0.717) is 18.7 Å². The third kappa shape index (κ3) is 5.30. The van der Waals surface area contributed by atoms with E-state index in [1.165, 1.54) is 7.11 Å². The quantitative estimate of drug-likeness (QED) is 0.238. The summed E-state index contributed by atoms with van der Waals surface area (Å²) in [5, 5.41) is 13.7. The van der Waals surface area contributed by atoms with Gasteiger partial charge in [0.25, 0.3) is 0 Å². The summed E-state index contributed by atoms with van der Waals surface area (Å²) in [4.78, 5) is 31.3. The monoisotopic (exact) mass is 398 g/mol. The first-order valence-electron chi connectivity index (χ1n) is 9.71. The summed E-state index contributed by atoms with van der Waals surface area (Å²) in [6.07, 6.45) is 3.21. The zero-order valence-electron chi connectivity index (χ0n) is 16.4. The number of hydrogen-bond donors (Lipinski definition) is 4. The minimum Gasteiger partial charge on any atom is -0.375 e. The van der Waals surface area contributed by atoms with E-state index in [9.17, 15) is 9.59 Å². The smallest absolute Gasteiger partial charge is 0.246 e. The number of carbonyl (C=O) groups excluding carboxylic acids is 2. The molecule has 2 amide bonds. The Morgan fingerprint density at radius 2 is 1.97 bits per heavy atom. The van der Waals surface area contributed by atoms with Crippen molar-refractivity contribution in [3.63, 3.8) is 0 Å². The van der Waals surface area contributed by atoms with Gasteiger partial charge < -0.3 is 15.0 Å². The number of ether oxygens (including phenoxy) is 1. The number of hydrogen-bond acceptors (Lipinski definition) is 5. The summed E-state index contributed by atoms with van der Waals surface area (Å²) < 4.78 is 4.93. The molecule has 1 heterocycles. The molecule has 154 valence electrons. The number of carbonyl (C=O) groups is 2. The minimum absolute atomic E-state index is 0.0175. The molecule has 29 heavy (non-hydrogen) atoms. The largest absolute Gasteiger partial charge is 0.375 e. The van der Waals surface area contributed by atoms with Gasteiger partial charge in [0.2, 0.25) is 11.8 Å². The van der Waals surface area contributed by atoms with Crippen LogP contribution in [0, 0.1) is 0 Å². The average molecular weight is 398 g/mol. The molecule has 3 rings (SSSR count).